The van der Waals surface area contributed by atoms with Crippen LogP contribution in [0.5, 0.6) is 0 Å². The van der Waals surface area contributed by atoms with E-state index in [-0.39, 0.29) is 5.91 Å². The monoisotopic (exact) mass is 244 g/mol. The van der Waals surface area contributed by atoms with Crippen molar-refractivity contribution in [1.82, 2.24) is 10.3 Å². The Kier molecular flexibility index (Phi) is 4.91. The lowest BCUT2D eigenvalue weighted by Crippen LogP contribution is -2.24. The number of carbonyl (C=O) groups excluding carboxylic acids is 1. The smallest absolute Gasteiger partial charge is 0.271 e. The van der Waals surface area contributed by atoms with E-state index < -0.39 is 0 Å². The van der Waals surface area contributed by atoms with Gasteiger partial charge >= 0.3 is 0 Å². The number of pyridine rings is 1. The number of aromatic nitrogens is 1. The zero-order valence-corrected chi connectivity index (χ0v) is 10.3. The van der Waals surface area contributed by atoms with E-state index in [0.717, 1.165) is 10.6 Å². The second kappa shape index (κ2) is 5.98. The van der Waals surface area contributed by atoms with Gasteiger partial charge in [0.25, 0.3) is 5.91 Å². The normalized spacial score (nSPS) is 10.1. The molecule has 82 valence electrons. The zero-order valence-electron chi connectivity index (χ0n) is 8.71. The molecule has 1 aromatic heterocycles. The average Bonchev–Trinajstić information content (AvgIpc) is 2.18. The molecule has 0 saturated carbocycles. The summed E-state index contributed by atoms with van der Waals surface area (Å²) in [5, 5.41) is 3.28. The Labute approximate surface area is 98.6 Å². The van der Waals surface area contributed by atoms with Crippen molar-refractivity contribution in [2.75, 3.05) is 12.3 Å². The molecule has 0 spiro atoms. The van der Waals surface area contributed by atoms with Crippen LogP contribution >= 0.6 is 23.4 Å². The molecule has 1 heterocycles. The molecule has 1 amide bonds. The lowest BCUT2D eigenvalue weighted by Gasteiger charge is -2.07. The van der Waals surface area contributed by atoms with E-state index in [1.807, 2.05) is 13.8 Å². The van der Waals surface area contributed by atoms with Gasteiger partial charge < -0.3 is 5.32 Å². The van der Waals surface area contributed by atoms with E-state index in [9.17, 15) is 4.79 Å². The van der Waals surface area contributed by atoms with E-state index in [1.54, 1.807) is 17.8 Å². The Bertz CT molecular complexity index is 357. The number of thioether (sulfide) groups is 1. The molecule has 0 saturated heterocycles. The topological polar surface area (TPSA) is 42.0 Å². The van der Waals surface area contributed by atoms with Crippen molar-refractivity contribution in [3.8, 4) is 0 Å². The maximum atomic E-state index is 11.6. The number of carbonyl (C=O) groups is 1. The minimum Gasteiger partial charge on any atom is -0.351 e. The molecule has 5 heteroatoms. The highest BCUT2D eigenvalue weighted by atomic mass is 35.5. The lowest BCUT2D eigenvalue weighted by molar-refractivity contribution is 0.0947. The fourth-order valence-corrected chi connectivity index (χ4v) is 2.13. The molecule has 15 heavy (non-hydrogen) atoms. The van der Waals surface area contributed by atoms with Crippen molar-refractivity contribution in [2.45, 2.75) is 18.7 Å². The van der Waals surface area contributed by atoms with Crippen LogP contribution in [0.2, 0.25) is 5.02 Å². The van der Waals surface area contributed by atoms with Crippen LogP contribution in [0.1, 0.15) is 24.3 Å². The Morgan fingerprint density at radius 1 is 1.60 bits per heavy atom. The van der Waals surface area contributed by atoms with Crippen LogP contribution in [0.15, 0.2) is 17.2 Å². The first-order valence-electron chi connectivity index (χ1n) is 4.75. The van der Waals surface area contributed by atoms with Crippen LogP contribution < -0.4 is 5.32 Å². The van der Waals surface area contributed by atoms with Gasteiger partial charge in [-0.3, -0.25) is 4.79 Å². The van der Waals surface area contributed by atoms with Crippen molar-refractivity contribution in [3.63, 3.8) is 0 Å². The molecule has 0 fully saturated rings. The van der Waals surface area contributed by atoms with Gasteiger partial charge in [0.15, 0.2) is 0 Å². The highest BCUT2D eigenvalue weighted by Gasteiger charge is 2.12. The number of hydrogen-bond donors (Lipinski definition) is 1. The van der Waals surface area contributed by atoms with Crippen molar-refractivity contribution < 1.29 is 4.79 Å². The molecule has 0 atom stereocenters. The zero-order chi connectivity index (χ0) is 11.3. The molecule has 0 unspecified atom stereocenters. The van der Waals surface area contributed by atoms with Crippen LogP contribution in [0.25, 0.3) is 0 Å². The summed E-state index contributed by atoms with van der Waals surface area (Å²) in [5.74, 6) is 0.735. The van der Waals surface area contributed by atoms with Gasteiger partial charge in [-0.2, -0.15) is 0 Å². The van der Waals surface area contributed by atoms with Crippen LogP contribution in [-0.2, 0) is 0 Å². The fraction of sp³-hybridized carbons (Fsp3) is 0.400. The first kappa shape index (κ1) is 12.3. The summed E-state index contributed by atoms with van der Waals surface area (Å²) in [4.78, 5) is 16.5. The molecule has 0 aliphatic carbocycles. The first-order valence-corrected chi connectivity index (χ1v) is 6.12. The molecule has 1 N–H and O–H groups in total. The third-order valence-electron chi connectivity index (χ3n) is 1.67. The van der Waals surface area contributed by atoms with Gasteiger partial charge in [0, 0.05) is 17.6 Å². The first-order chi connectivity index (χ1) is 7.19. The van der Waals surface area contributed by atoms with Gasteiger partial charge in [0.2, 0.25) is 0 Å². The number of halogens is 1. The Hall–Kier alpha value is -0.740. The van der Waals surface area contributed by atoms with Gasteiger partial charge in [-0.05, 0) is 18.7 Å². The second-order valence-corrected chi connectivity index (χ2v) is 4.54. The Balaban J connectivity index is 2.99. The molecular weight excluding hydrogens is 232 g/mol. The van der Waals surface area contributed by atoms with Crippen molar-refractivity contribution in [1.29, 1.82) is 0 Å². The highest BCUT2D eigenvalue weighted by molar-refractivity contribution is 7.99. The number of nitrogens with zero attached hydrogens (tertiary/aromatic N) is 1. The summed E-state index contributed by atoms with van der Waals surface area (Å²) in [7, 11) is 0. The molecular formula is C10H13ClN2OS. The summed E-state index contributed by atoms with van der Waals surface area (Å²) in [6.45, 7) is 4.49. The SMILES string of the molecule is CCNC(=O)c1ncc(Cl)cc1SCC. The summed E-state index contributed by atoms with van der Waals surface area (Å²) in [6.07, 6.45) is 1.49. The van der Waals surface area contributed by atoms with E-state index >= 15 is 0 Å². The molecule has 0 radical (unpaired) electrons. The summed E-state index contributed by atoms with van der Waals surface area (Å²) < 4.78 is 0. The second-order valence-electron chi connectivity index (χ2n) is 2.79. The molecule has 0 aliphatic rings. The highest BCUT2D eigenvalue weighted by Crippen LogP contribution is 2.24. The van der Waals surface area contributed by atoms with Crippen molar-refractivity contribution in [2.24, 2.45) is 0 Å². The molecule has 0 bridgehead atoms. The standard InChI is InChI=1S/C10H13ClN2OS/c1-3-12-10(14)9-8(15-4-2)5-7(11)6-13-9/h5-6H,3-4H2,1-2H3,(H,12,14). The lowest BCUT2D eigenvalue weighted by atomic mass is 10.3. The van der Waals surface area contributed by atoms with Gasteiger partial charge in [0.05, 0.1) is 5.02 Å². The minimum atomic E-state index is -0.148. The van der Waals surface area contributed by atoms with E-state index in [0.29, 0.717) is 17.3 Å². The average molecular weight is 245 g/mol. The van der Waals surface area contributed by atoms with E-state index in [4.69, 9.17) is 11.6 Å². The van der Waals surface area contributed by atoms with Crippen LogP contribution in [0.4, 0.5) is 0 Å². The quantitative estimate of drug-likeness (QED) is 0.828. The summed E-state index contributed by atoms with van der Waals surface area (Å²) in [6, 6.07) is 1.77. The minimum absolute atomic E-state index is 0.148. The Morgan fingerprint density at radius 3 is 2.93 bits per heavy atom. The third kappa shape index (κ3) is 3.39. The van der Waals surface area contributed by atoms with Gasteiger partial charge in [-0.1, -0.05) is 18.5 Å². The predicted molar refractivity (Wildman–Crippen MR) is 63.7 cm³/mol. The van der Waals surface area contributed by atoms with Crippen LogP contribution in [0, 0.1) is 0 Å². The van der Waals surface area contributed by atoms with Crippen LogP contribution in [-0.4, -0.2) is 23.2 Å². The van der Waals surface area contributed by atoms with E-state index in [2.05, 4.69) is 10.3 Å². The number of nitrogens with one attached hydrogen (secondary N) is 1. The van der Waals surface area contributed by atoms with Crippen molar-refractivity contribution in [3.05, 3.63) is 23.0 Å². The number of hydrogen-bond acceptors (Lipinski definition) is 3. The number of amides is 1. The molecule has 0 aliphatic heterocycles. The molecule has 0 aromatic carbocycles. The molecule has 3 nitrogen and oxygen atoms in total. The summed E-state index contributed by atoms with van der Waals surface area (Å²) >= 11 is 7.39. The third-order valence-corrected chi connectivity index (χ3v) is 2.79. The van der Waals surface area contributed by atoms with Gasteiger partial charge in [-0.15, -0.1) is 11.8 Å². The molecule has 1 rings (SSSR count). The number of rotatable bonds is 4. The summed E-state index contributed by atoms with van der Waals surface area (Å²) in [5.41, 5.74) is 0.452. The van der Waals surface area contributed by atoms with Gasteiger partial charge in [-0.25, -0.2) is 4.98 Å². The van der Waals surface area contributed by atoms with Crippen molar-refractivity contribution >= 4 is 29.3 Å². The van der Waals surface area contributed by atoms with Gasteiger partial charge in [0.1, 0.15) is 5.69 Å². The fourth-order valence-electron chi connectivity index (χ4n) is 1.10. The van der Waals surface area contributed by atoms with E-state index in [1.165, 1.54) is 6.20 Å². The maximum Gasteiger partial charge on any atom is 0.271 e. The predicted octanol–water partition coefficient (Wildman–Crippen LogP) is 2.60. The van der Waals surface area contributed by atoms with Crippen LogP contribution in [0.3, 0.4) is 0 Å². The largest absolute Gasteiger partial charge is 0.351 e. The molecule has 1 aromatic rings. The Morgan fingerprint density at radius 2 is 2.33 bits per heavy atom. The maximum absolute atomic E-state index is 11.6.